The zero-order valence-electron chi connectivity index (χ0n) is 14.6. The highest BCUT2D eigenvalue weighted by Crippen LogP contribution is 1.83. The molecule has 0 saturated carbocycles. The van der Waals surface area contributed by atoms with Crippen LogP contribution in [0.15, 0.2) is 0 Å². The Balaban J connectivity index is 6.47. The minimum Gasteiger partial charge on any atom is -0.850 e. The maximum Gasteiger partial charge on any atom is 0.0909 e. The summed E-state index contributed by atoms with van der Waals surface area (Å²) in [6, 6.07) is 0. The molecule has 2 heteroatoms. The van der Waals surface area contributed by atoms with E-state index in [2.05, 4.69) is 0 Å². The van der Waals surface area contributed by atoms with Gasteiger partial charge in [-0.25, -0.2) is 0 Å². The summed E-state index contributed by atoms with van der Waals surface area (Å²) in [5.41, 5.74) is 0. The van der Waals surface area contributed by atoms with Crippen LogP contribution in [-0.4, -0.2) is 38.5 Å². The molecule has 44 valence electrons. The van der Waals surface area contributed by atoms with Crippen LogP contribution in [0.5, 0.6) is 0 Å². The maximum atomic E-state index is 10.8. The van der Waals surface area contributed by atoms with E-state index < -0.39 is 38.5 Å². The minimum absolute atomic E-state index is 1.80. The summed E-state index contributed by atoms with van der Waals surface area (Å²) in [5, 5.41) is 10.8. The molecule has 0 radical (unpaired) electrons. The van der Waals surface area contributed by atoms with Crippen LogP contribution in [0.3, 0.4) is 0 Å². The predicted molar refractivity (Wildman–Crippen MR) is 27.8 cm³/mol. The van der Waals surface area contributed by atoms with Gasteiger partial charge >= 0.3 is 0 Å². The van der Waals surface area contributed by atoms with Gasteiger partial charge in [0, 0.05) is 0 Å². The first-order valence-electron chi connectivity index (χ1n) is 7.04. The van der Waals surface area contributed by atoms with Gasteiger partial charge in [0.05, 0.1) is 42.5 Å². The van der Waals surface area contributed by atoms with E-state index >= 15 is 0 Å². The van der Waals surface area contributed by atoms with Gasteiger partial charge in [0.25, 0.3) is 0 Å². The van der Waals surface area contributed by atoms with Crippen molar-refractivity contribution in [2.24, 2.45) is 0 Å². The third-order valence-corrected chi connectivity index (χ3v) is 0.302. The van der Waals surface area contributed by atoms with Gasteiger partial charge in [0.1, 0.15) is 0 Å². The Hall–Kier alpha value is -0.0800. The van der Waals surface area contributed by atoms with Crippen LogP contribution in [0.2, 0.25) is 0 Å². The van der Waals surface area contributed by atoms with Crippen LogP contribution in [-0.2, 0) is 0 Å². The number of hydrogen-bond acceptors (Lipinski definition) is 1. The molecule has 7 heavy (non-hydrogen) atoms. The summed E-state index contributed by atoms with van der Waals surface area (Å²) in [6.07, 6.45) is 0. The van der Waals surface area contributed by atoms with E-state index in [1.807, 2.05) is 0 Å². The Morgan fingerprint density at radius 2 is 2.29 bits per heavy atom. The highest BCUT2D eigenvalue weighted by atomic mass is 16.3. The zero-order valence-corrected chi connectivity index (χ0v) is 3.56. The molecule has 0 aromatic heterocycles. The molecule has 0 bridgehead atoms. The first-order valence-corrected chi connectivity index (χ1v) is 1.54. The van der Waals surface area contributed by atoms with Crippen LogP contribution in [0.1, 0.15) is 15.1 Å². The van der Waals surface area contributed by atoms with Crippen molar-refractivity contribution in [3.8, 4) is 0 Å². The Kier molecular flexibility index (Phi) is 0.276. The van der Waals surface area contributed by atoms with Gasteiger partial charge in [-0.2, -0.15) is 0 Å². The lowest BCUT2D eigenvalue weighted by atomic mass is 10.8. The van der Waals surface area contributed by atoms with E-state index in [9.17, 15) is 5.11 Å². The molecule has 0 aliphatic rings. The topological polar surface area (TPSA) is 23.1 Å². The van der Waals surface area contributed by atoms with Gasteiger partial charge < -0.3 is 9.59 Å². The molecule has 0 spiro atoms. The number of likely N-dealkylation sites (N-methyl/N-ethyl adjacent to an activating group) is 1. The van der Waals surface area contributed by atoms with E-state index in [0.29, 0.717) is 0 Å². The van der Waals surface area contributed by atoms with Crippen molar-refractivity contribution in [2.75, 3.05) is 34.0 Å². The van der Waals surface area contributed by atoms with Crippen molar-refractivity contribution in [2.45, 2.75) is 0 Å². The zero-order chi connectivity index (χ0) is 15.2. The van der Waals surface area contributed by atoms with E-state index in [0.717, 1.165) is 0 Å². The first kappa shape index (κ1) is 0.847. The molecule has 0 amide bonds. The molecule has 2 nitrogen and oxygen atoms in total. The van der Waals surface area contributed by atoms with Crippen LogP contribution in [0.25, 0.3) is 0 Å². The van der Waals surface area contributed by atoms with Crippen LogP contribution in [0, 0.1) is 0 Å². The SMILES string of the molecule is [2H]C([2H])([2H])[N+](C([2H])([2H])[2H])(C([2H])([2H])[2H])[13C]([2H])([2H])C[O-]. The molecule has 0 aliphatic heterocycles. The molecular weight excluding hydrogens is 91.1 g/mol. The van der Waals surface area contributed by atoms with E-state index in [1.54, 1.807) is 0 Å². The highest BCUT2D eigenvalue weighted by Gasteiger charge is 1.99. The number of hydrogen-bond donors (Lipinski definition) is 0. The van der Waals surface area contributed by atoms with Crippen molar-refractivity contribution in [1.29, 1.82) is 0 Å². The Morgan fingerprint density at radius 1 is 1.71 bits per heavy atom. The monoisotopic (exact) mass is 115 g/mol. The van der Waals surface area contributed by atoms with Gasteiger partial charge in [-0.3, -0.25) is 0 Å². The average Bonchev–Trinajstić information content (AvgIpc) is 1.94. The number of nitrogens with zero attached hydrogens (tertiary/aromatic N) is 1. The summed E-state index contributed by atoms with van der Waals surface area (Å²) in [5.74, 6) is 0. The molecule has 0 N–H and O–H groups in total. The fourth-order valence-corrected chi connectivity index (χ4v) is 0.0968. The first-order chi connectivity index (χ1) is 7.56. The minimum atomic E-state index is -3.75. The Morgan fingerprint density at radius 3 is 2.43 bits per heavy atom. The van der Waals surface area contributed by atoms with Crippen molar-refractivity contribution in [3.05, 3.63) is 0 Å². The maximum absolute atomic E-state index is 10.8. The van der Waals surface area contributed by atoms with Gasteiger partial charge in [-0.05, 0) is 0 Å². The van der Waals surface area contributed by atoms with Gasteiger partial charge in [0.15, 0.2) is 0 Å². The summed E-state index contributed by atoms with van der Waals surface area (Å²) in [7, 11) is 0. The quantitative estimate of drug-likeness (QED) is 0.336. The van der Waals surface area contributed by atoms with Crippen molar-refractivity contribution < 1.29 is 24.7 Å². The van der Waals surface area contributed by atoms with Crippen molar-refractivity contribution in [3.63, 3.8) is 0 Å². The van der Waals surface area contributed by atoms with E-state index in [-0.39, 0.29) is 0 Å². The van der Waals surface area contributed by atoms with Gasteiger partial charge in [0.2, 0.25) is 0 Å². The number of rotatable bonds is 2. The molecule has 0 unspecified atom stereocenters. The third kappa shape index (κ3) is 5.92. The largest absolute Gasteiger partial charge is 0.850 e. The molecule has 0 aliphatic carbocycles. The molecule has 0 aromatic rings. The van der Waals surface area contributed by atoms with Crippen LogP contribution in [0.4, 0.5) is 0 Å². The second-order valence-electron chi connectivity index (χ2n) is 0.973. The molecule has 0 fully saturated rings. The summed E-state index contributed by atoms with van der Waals surface area (Å²) in [4.78, 5) is 0. The molecule has 0 heterocycles. The fraction of sp³-hybridized carbons (Fsp3) is 1.00. The lowest BCUT2D eigenvalue weighted by Gasteiger charge is -2.25. The Labute approximate surface area is 60.4 Å². The second-order valence-corrected chi connectivity index (χ2v) is 0.973. The summed E-state index contributed by atoms with van der Waals surface area (Å²) < 4.78 is 75.7. The van der Waals surface area contributed by atoms with Crippen LogP contribution < -0.4 is 5.11 Å². The van der Waals surface area contributed by atoms with E-state index in [4.69, 9.17) is 15.1 Å². The van der Waals surface area contributed by atoms with Gasteiger partial charge in [-0.15, -0.1) is 0 Å². The standard InChI is InChI=1S/C5H13NO/c1-6(2,3)4-5-7/h4-5H2,1-3H3/i1D3,2D3,3D3,4+1D2. The summed E-state index contributed by atoms with van der Waals surface area (Å²) in [6.45, 7) is -16.5. The second kappa shape index (κ2) is 2.28. The van der Waals surface area contributed by atoms with Gasteiger partial charge in [-0.1, -0.05) is 6.61 Å². The summed E-state index contributed by atoms with van der Waals surface area (Å²) >= 11 is 0. The molecule has 0 atom stereocenters. The highest BCUT2D eigenvalue weighted by molar-refractivity contribution is 4.17. The van der Waals surface area contributed by atoms with E-state index in [1.165, 1.54) is 0 Å². The number of quaternary nitrogens is 1. The van der Waals surface area contributed by atoms with Crippen molar-refractivity contribution in [1.82, 2.24) is 0 Å². The molecular formula is C5H13NO. The lowest BCUT2D eigenvalue weighted by molar-refractivity contribution is -0.875. The Bertz CT molecular complexity index is 262. The molecule has 0 aromatic carbocycles. The molecule has 0 rings (SSSR count). The fourth-order valence-electron chi connectivity index (χ4n) is 0.0968. The predicted octanol–water partition coefficient (Wildman–Crippen LogP) is -0.947. The lowest BCUT2D eigenvalue weighted by Crippen LogP contribution is -2.39. The smallest absolute Gasteiger partial charge is 0.0909 e. The third-order valence-electron chi connectivity index (χ3n) is 0.302. The normalized spacial score (nSPS) is 42.7. The molecule has 0 saturated heterocycles. The van der Waals surface area contributed by atoms with Crippen LogP contribution >= 0.6 is 0 Å². The average molecular weight is 115 g/mol. The van der Waals surface area contributed by atoms with Crippen molar-refractivity contribution >= 4 is 0 Å².